The fraction of sp³-hybridized carbons (Fsp3) is 0.556. The Bertz CT molecular complexity index is 593. The van der Waals surface area contributed by atoms with Crippen LogP contribution in [0.3, 0.4) is 0 Å². The van der Waals surface area contributed by atoms with Gasteiger partial charge in [0.05, 0.1) is 0 Å². The summed E-state index contributed by atoms with van der Waals surface area (Å²) in [6.45, 7) is 5.69. The summed E-state index contributed by atoms with van der Waals surface area (Å²) in [5.41, 5.74) is -0.213. The van der Waals surface area contributed by atoms with Crippen molar-refractivity contribution in [3.63, 3.8) is 0 Å². The van der Waals surface area contributed by atoms with Crippen LogP contribution in [-0.4, -0.2) is 42.0 Å². The van der Waals surface area contributed by atoms with Gasteiger partial charge in [0.1, 0.15) is 11.4 Å². The Morgan fingerprint density at radius 1 is 1.46 bits per heavy atom. The summed E-state index contributed by atoms with van der Waals surface area (Å²) in [4.78, 5) is 26.4. The van der Waals surface area contributed by atoms with Crippen LogP contribution in [0.2, 0.25) is 0 Å². The van der Waals surface area contributed by atoms with Crippen LogP contribution in [0.5, 0.6) is 0 Å². The minimum absolute atomic E-state index is 0.0776. The van der Waals surface area contributed by atoms with Crippen LogP contribution in [-0.2, 0) is 20.9 Å². The molecule has 5 nitrogen and oxygen atoms in total. The van der Waals surface area contributed by atoms with Crippen molar-refractivity contribution in [1.29, 1.82) is 0 Å². The Labute approximate surface area is 142 Å². The SMILES string of the molecule is CCOCCCNC(=O)C1(C)CCC(=O)N1Cc1cccc(F)c1. The van der Waals surface area contributed by atoms with Gasteiger partial charge in [0.15, 0.2) is 0 Å². The van der Waals surface area contributed by atoms with Crippen molar-refractivity contribution in [3.05, 3.63) is 35.6 Å². The Hall–Kier alpha value is -1.95. The van der Waals surface area contributed by atoms with Crippen molar-refractivity contribution in [2.24, 2.45) is 0 Å². The zero-order valence-corrected chi connectivity index (χ0v) is 14.3. The molecule has 1 saturated heterocycles. The van der Waals surface area contributed by atoms with Crippen LogP contribution >= 0.6 is 0 Å². The summed E-state index contributed by atoms with van der Waals surface area (Å²) < 4.78 is 18.6. The van der Waals surface area contributed by atoms with Gasteiger partial charge in [-0.3, -0.25) is 9.59 Å². The lowest BCUT2D eigenvalue weighted by Gasteiger charge is -2.34. The van der Waals surface area contributed by atoms with Crippen LogP contribution in [0.4, 0.5) is 4.39 Å². The maximum absolute atomic E-state index is 13.4. The van der Waals surface area contributed by atoms with Crippen molar-refractivity contribution >= 4 is 11.8 Å². The van der Waals surface area contributed by atoms with E-state index in [4.69, 9.17) is 4.74 Å². The van der Waals surface area contributed by atoms with Crippen molar-refractivity contribution in [3.8, 4) is 0 Å². The maximum Gasteiger partial charge on any atom is 0.245 e. The molecule has 1 aromatic rings. The minimum atomic E-state index is -0.894. The highest BCUT2D eigenvalue weighted by atomic mass is 19.1. The predicted octanol–water partition coefficient (Wildman–Crippen LogP) is 2.25. The summed E-state index contributed by atoms with van der Waals surface area (Å²) >= 11 is 0. The van der Waals surface area contributed by atoms with E-state index in [9.17, 15) is 14.0 Å². The molecule has 1 aliphatic rings. The molecule has 1 fully saturated rings. The zero-order chi connectivity index (χ0) is 17.6. The number of hydrogen-bond acceptors (Lipinski definition) is 3. The quantitative estimate of drug-likeness (QED) is 0.741. The molecule has 0 aromatic heterocycles. The highest BCUT2D eigenvalue weighted by molar-refractivity contribution is 5.94. The third-order valence-electron chi connectivity index (χ3n) is 4.40. The lowest BCUT2D eigenvalue weighted by atomic mass is 9.97. The fourth-order valence-electron chi connectivity index (χ4n) is 2.92. The number of likely N-dealkylation sites (tertiary alicyclic amines) is 1. The summed E-state index contributed by atoms with van der Waals surface area (Å²) in [7, 11) is 0. The van der Waals surface area contributed by atoms with Crippen LogP contribution < -0.4 is 5.32 Å². The van der Waals surface area contributed by atoms with Gasteiger partial charge in [-0.15, -0.1) is 0 Å². The Morgan fingerprint density at radius 2 is 2.25 bits per heavy atom. The van der Waals surface area contributed by atoms with E-state index in [1.54, 1.807) is 24.0 Å². The van der Waals surface area contributed by atoms with Crippen molar-refractivity contribution in [2.45, 2.75) is 45.2 Å². The number of carbonyl (C=O) groups excluding carboxylic acids is 2. The highest BCUT2D eigenvalue weighted by Crippen LogP contribution is 2.32. The molecule has 0 radical (unpaired) electrons. The molecule has 0 aliphatic carbocycles. The van der Waals surface area contributed by atoms with Gasteiger partial charge < -0.3 is 15.0 Å². The van der Waals surface area contributed by atoms with Gasteiger partial charge >= 0.3 is 0 Å². The lowest BCUT2D eigenvalue weighted by Crippen LogP contribution is -2.54. The number of ether oxygens (including phenoxy) is 1. The number of amides is 2. The molecule has 0 saturated carbocycles. The standard InChI is InChI=1S/C18H25FN2O3/c1-3-24-11-5-10-20-17(23)18(2)9-8-16(22)21(18)13-14-6-4-7-15(19)12-14/h4,6-7,12H,3,5,8-11,13H2,1-2H3,(H,20,23). The molecule has 0 spiro atoms. The second-order valence-corrected chi connectivity index (χ2v) is 6.19. The molecule has 1 atom stereocenters. The molecule has 1 unspecified atom stereocenters. The van der Waals surface area contributed by atoms with E-state index >= 15 is 0 Å². The Morgan fingerprint density at radius 3 is 2.96 bits per heavy atom. The van der Waals surface area contributed by atoms with Gasteiger partial charge in [-0.2, -0.15) is 0 Å². The Kier molecular flexibility index (Phi) is 6.31. The molecule has 0 bridgehead atoms. The maximum atomic E-state index is 13.4. The summed E-state index contributed by atoms with van der Waals surface area (Å²) in [5, 5.41) is 2.88. The average Bonchev–Trinajstić information content (AvgIpc) is 2.84. The second-order valence-electron chi connectivity index (χ2n) is 6.19. The monoisotopic (exact) mass is 336 g/mol. The number of carbonyl (C=O) groups is 2. The van der Waals surface area contributed by atoms with E-state index in [1.807, 2.05) is 6.92 Å². The highest BCUT2D eigenvalue weighted by Gasteiger charge is 2.46. The number of hydrogen-bond donors (Lipinski definition) is 1. The average molecular weight is 336 g/mol. The van der Waals surface area contributed by atoms with Gasteiger partial charge in [-0.25, -0.2) is 4.39 Å². The lowest BCUT2D eigenvalue weighted by molar-refractivity contribution is -0.141. The molecule has 1 aromatic carbocycles. The van der Waals surface area contributed by atoms with Crippen molar-refractivity contribution in [2.75, 3.05) is 19.8 Å². The number of rotatable bonds is 8. The summed E-state index contributed by atoms with van der Waals surface area (Å²) in [6, 6.07) is 6.12. The van der Waals surface area contributed by atoms with Gasteiger partial charge in [0.25, 0.3) is 0 Å². The van der Waals surface area contributed by atoms with Crippen LogP contribution in [0.25, 0.3) is 0 Å². The van der Waals surface area contributed by atoms with Gasteiger partial charge in [0.2, 0.25) is 11.8 Å². The molecule has 2 rings (SSSR count). The summed E-state index contributed by atoms with van der Waals surface area (Å²) in [6.07, 6.45) is 1.53. The minimum Gasteiger partial charge on any atom is -0.382 e. The topological polar surface area (TPSA) is 58.6 Å². The smallest absolute Gasteiger partial charge is 0.245 e. The fourth-order valence-corrected chi connectivity index (χ4v) is 2.92. The number of nitrogens with one attached hydrogen (secondary N) is 1. The van der Waals surface area contributed by atoms with E-state index < -0.39 is 5.54 Å². The molecule has 2 amide bonds. The van der Waals surface area contributed by atoms with E-state index in [2.05, 4.69) is 5.32 Å². The third-order valence-corrected chi connectivity index (χ3v) is 4.40. The van der Waals surface area contributed by atoms with E-state index in [1.165, 1.54) is 12.1 Å². The second kappa shape index (κ2) is 8.24. The first-order valence-electron chi connectivity index (χ1n) is 8.38. The van der Waals surface area contributed by atoms with Gasteiger partial charge in [0, 0.05) is 32.7 Å². The molecule has 1 N–H and O–H groups in total. The first-order valence-corrected chi connectivity index (χ1v) is 8.38. The molecular formula is C18H25FN2O3. The van der Waals surface area contributed by atoms with Crippen LogP contribution in [0, 0.1) is 5.82 Å². The number of halogens is 1. The first-order chi connectivity index (χ1) is 11.5. The van der Waals surface area contributed by atoms with Gasteiger partial charge in [-0.1, -0.05) is 12.1 Å². The zero-order valence-electron chi connectivity index (χ0n) is 14.3. The number of nitrogens with zero attached hydrogens (tertiary/aromatic N) is 1. The predicted molar refractivity (Wildman–Crippen MR) is 88.7 cm³/mol. The third kappa shape index (κ3) is 4.32. The molecule has 1 aliphatic heterocycles. The normalized spacial score (nSPS) is 20.5. The van der Waals surface area contributed by atoms with E-state index in [-0.39, 0.29) is 24.2 Å². The van der Waals surface area contributed by atoms with Crippen LogP contribution in [0.1, 0.15) is 38.7 Å². The largest absolute Gasteiger partial charge is 0.382 e. The Balaban J connectivity index is 2.00. The molecule has 132 valence electrons. The molecule has 6 heteroatoms. The van der Waals surface area contributed by atoms with E-state index in [0.29, 0.717) is 38.2 Å². The van der Waals surface area contributed by atoms with E-state index in [0.717, 1.165) is 6.42 Å². The molecule has 24 heavy (non-hydrogen) atoms. The van der Waals surface area contributed by atoms with Crippen molar-refractivity contribution < 1.29 is 18.7 Å². The van der Waals surface area contributed by atoms with Crippen LogP contribution in [0.15, 0.2) is 24.3 Å². The molecular weight excluding hydrogens is 311 g/mol. The molecule has 1 heterocycles. The van der Waals surface area contributed by atoms with Gasteiger partial charge in [-0.05, 0) is 44.4 Å². The number of benzene rings is 1. The van der Waals surface area contributed by atoms with Crippen molar-refractivity contribution in [1.82, 2.24) is 10.2 Å². The summed E-state index contributed by atoms with van der Waals surface area (Å²) in [5.74, 6) is -0.589. The first kappa shape index (κ1) is 18.4.